The second-order valence-corrected chi connectivity index (χ2v) is 4.64. The number of rotatable bonds is 4. The van der Waals surface area contributed by atoms with Gasteiger partial charge < -0.3 is 15.1 Å². The number of hydrogen-bond acceptors (Lipinski definition) is 4. The molecule has 0 saturated carbocycles. The zero-order valence-corrected chi connectivity index (χ0v) is 11.0. The van der Waals surface area contributed by atoms with Crippen LogP contribution < -0.4 is 11.5 Å². The summed E-state index contributed by atoms with van der Waals surface area (Å²) in [4.78, 5) is 26.8. The van der Waals surface area contributed by atoms with Gasteiger partial charge in [0.1, 0.15) is 0 Å². The van der Waals surface area contributed by atoms with Crippen LogP contribution in [0.25, 0.3) is 11.1 Å². The lowest BCUT2D eigenvalue weighted by Gasteiger charge is -2.19. The Morgan fingerprint density at radius 1 is 1.53 bits per heavy atom. The number of fused-ring (bicyclic) bond motifs is 1. The number of hydrogen-bond donors (Lipinski definition) is 2. The molecular formula is C13H17N3O3. The van der Waals surface area contributed by atoms with Crippen LogP contribution in [0.2, 0.25) is 0 Å². The number of aromatic nitrogens is 1. The molecule has 1 amide bonds. The highest BCUT2D eigenvalue weighted by molar-refractivity contribution is 5.80. The Labute approximate surface area is 110 Å². The number of carbonyl (C=O) groups is 1. The van der Waals surface area contributed by atoms with Gasteiger partial charge in [-0.2, -0.15) is 0 Å². The van der Waals surface area contributed by atoms with E-state index >= 15 is 0 Å². The largest absolute Gasteiger partial charge is 0.417 e. The fourth-order valence-corrected chi connectivity index (χ4v) is 1.90. The molecule has 1 aromatic carbocycles. The van der Waals surface area contributed by atoms with E-state index in [1.54, 1.807) is 31.0 Å². The summed E-state index contributed by atoms with van der Waals surface area (Å²) in [5.41, 5.74) is 7.74. The highest BCUT2D eigenvalue weighted by Gasteiger charge is 2.13. The van der Waals surface area contributed by atoms with E-state index in [-0.39, 0.29) is 5.91 Å². The molecule has 6 heteroatoms. The molecule has 0 radical (unpaired) electrons. The first kappa shape index (κ1) is 13.4. The number of carbonyl (C=O) groups excluding carboxylic acids is 1. The molecule has 1 atom stereocenters. The molecule has 2 rings (SSSR count). The molecule has 1 aromatic heterocycles. The first-order chi connectivity index (χ1) is 8.97. The zero-order chi connectivity index (χ0) is 14.0. The predicted molar refractivity (Wildman–Crippen MR) is 71.8 cm³/mol. The van der Waals surface area contributed by atoms with Crippen LogP contribution in [0.5, 0.6) is 0 Å². The van der Waals surface area contributed by atoms with Crippen LogP contribution in [0, 0.1) is 0 Å². The molecule has 0 fully saturated rings. The van der Waals surface area contributed by atoms with E-state index < -0.39 is 11.8 Å². The molecule has 0 aliphatic rings. The van der Waals surface area contributed by atoms with Crippen molar-refractivity contribution in [1.29, 1.82) is 0 Å². The van der Waals surface area contributed by atoms with Crippen LogP contribution in [-0.2, 0) is 11.2 Å². The number of H-pyrrole nitrogens is 1. The normalized spacial score (nSPS) is 12.6. The molecule has 2 aromatic rings. The maximum absolute atomic E-state index is 11.6. The summed E-state index contributed by atoms with van der Waals surface area (Å²) in [6, 6.07) is 5.01. The molecule has 0 saturated heterocycles. The monoisotopic (exact) mass is 263 g/mol. The number of nitrogens with zero attached hydrogens (tertiary/aromatic N) is 1. The second kappa shape index (κ2) is 5.27. The second-order valence-electron chi connectivity index (χ2n) is 4.64. The predicted octanol–water partition coefficient (Wildman–Crippen LogP) is 0.469. The Morgan fingerprint density at radius 2 is 2.26 bits per heavy atom. The number of aromatic amines is 1. The third-order valence-electron chi connectivity index (χ3n) is 2.99. The van der Waals surface area contributed by atoms with Gasteiger partial charge in [-0.3, -0.25) is 9.78 Å². The quantitative estimate of drug-likeness (QED) is 0.838. The number of likely N-dealkylation sites (N-methyl/N-ethyl adjacent to an activating group) is 1. The summed E-state index contributed by atoms with van der Waals surface area (Å²) in [5, 5.41) is 0. The van der Waals surface area contributed by atoms with Crippen molar-refractivity contribution < 1.29 is 9.21 Å². The van der Waals surface area contributed by atoms with Crippen molar-refractivity contribution in [3.05, 3.63) is 34.3 Å². The maximum atomic E-state index is 11.6. The summed E-state index contributed by atoms with van der Waals surface area (Å²) in [7, 11) is 1.72. The van der Waals surface area contributed by atoms with Gasteiger partial charge >= 0.3 is 5.76 Å². The molecule has 0 spiro atoms. The molecule has 1 unspecified atom stereocenters. The van der Waals surface area contributed by atoms with Gasteiger partial charge in [0.15, 0.2) is 5.58 Å². The minimum Gasteiger partial charge on any atom is -0.408 e. The third-order valence-corrected chi connectivity index (χ3v) is 2.99. The van der Waals surface area contributed by atoms with Crippen molar-refractivity contribution in [3.8, 4) is 0 Å². The van der Waals surface area contributed by atoms with Crippen LogP contribution in [0.4, 0.5) is 0 Å². The Hall–Kier alpha value is -2.08. The van der Waals surface area contributed by atoms with Crippen molar-refractivity contribution in [2.24, 2.45) is 5.73 Å². The number of nitrogens with two attached hydrogens (primary N) is 1. The summed E-state index contributed by atoms with van der Waals surface area (Å²) in [5.74, 6) is -0.550. The lowest BCUT2D eigenvalue weighted by atomic mass is 10.1. The number of oxazole rings is 1. The Morgan fingerprint density at radius 3 is 2.95 bits per heavy atom. The molecule has 6 nitrogen and oxygen atoms in total. The van der Waals surface area contributed by atoms with Gasteiger partial charge in [0.25, 0.3) is 0 Å². The van der Waals surface area contributed by atoms with E-state index in [1.807, 2.05) is 6.07 Å². The minimum absolute atomic E-state index is 0.0887. The van der Waals surface area contributed by atoms with Crippen molar-refractivity contribution in [1.82, 2.24) is 9.88 Å². The van der Waals surface area contributed by atoms with Crippen LogP contribution in [-0.4, -0.2) is 35.4 Å². The van der Waals surface area contributed by atoms with Gasteiger partial charge in [-0.25, -0.2) is 4.79 Å². The SMILES string of the molecule is CC(N)C(=O)N(C)CCc1ccc2[nH]c(=O)oc2c1. The van der Waals surface area contributed by atoms with E-state index in [0.29, 0.717) is 24.1 Å². The molecule has 0 aliphatic heterocycles. The fraction of sp³-hybridized carbons (Fsp3) is 0.385. The molecular weight excluding hydrogens is 246 g/mol. The average molecular weight is 263 g/mol. The third kappa shape index (κ3) is 3.03. The van der Waals surface area contributed by atoms with Gasteiger partial charge in [-0.15, -0.1) is 0 Å². The molecule has 1 heterocycles. The number of benzene rings is 1. The lowest BCUT2D eigenvalue weighted by Crippen LogP contribution is -2.40. The fourth-order valence-electron chi connectivity index (χ4n) is 1.90. The van der Waals surface area contributed by atoms with E-state index in [2.05, 4.69) is 4.98 Å². The van der Waals surface area contributed by atoms with Gasteiger partial charge in [0.05, 0.1) is 11.6 Å². The Bertz CT molecular complexity index is 642. The molecule has 102 valence electrons. The summed E-state index contributed by atoms with van der Waals surface area (Å²) < 4.78 is 4.99. The lowest BCUT2D eigenvalue weighted by molar-refractivity contribution is -0.130. The van der Waals surface area contributed by atoms with Crippen molar-refractivity contribution >= 4 is 17.0 Å². The molecule has 0 bridgehead atoms. The zero-order valence-electron chi connectivity index (χ0n) is 11.0. The van der Waals surface area contributed by atoms with Crippen LogP contribution in [0.3, 0.4) is 0 Å². The van der Waals surface area contributed by atoms with E-state index in [1.165, 1.54) is 0 Å². The van der Waals surface area contributed by atoms with Crippen LogP contribution in [0.1, 0.15) is 12.5 Å². The topological polar surface area (TPSA) is 92.3 Å². The van der Waals surface area contributed by atoms with E-state index in [4.69, 9.17) is 10.2 Å². The van der Waals surface area contributed by atoms with Crippen molar-refractivity contribution in [3.63, 3.8) is 0 Å². The van der Waals surface area contributed by atoms with Crippen molar-refractivity contribution in [2.45, 2.75) is 19.4 Å². The summed E-state index contributed by atoms with van der Waals surface area (Å²) >= 11 is 0. The molecule has 3 N–H and O–H groups in total. The van der Waals surface area contributed by atoms with Gasteiger partial charge in [0, 0.05) is 13.6 Å². The summed E-state index contributed by atoms with van der Waals surface area (Å²) in [6.45, 7) is 2.24. The van der Waals surface area contributed by atoms with Crippen LogP contribution >= 0.6 is 0 Å². The average Bonchev–Trinajstić information content (AvgIpc) is 2.74. The number of amides is 1. The first-order valence-corrected chi connectivity index (χ1v) is 6.09. The smallest absolute Gasteiger partial charge is 0.408 e. The summed E-state index contributed by atoms with van der Waals surface area (Å²) in [6.07, 6.45) is 0.680. The molecule has 0 aliphatic carbocycles. The van der Waals surface area contributed by atoms with Gasteiger partial charge in [0.2, 0.25) is 5.91 Å². The first-order valence-electron chi connectivity index (χ1n) is 6.09. The maximum Gasteiger partial charge on any atom is 0.417 e. The van der Waals surface area contributed by atoms with Gasteiger partial charge in [-0.1, -0.05) is 6.07 Å². The standard InChI is InChI=1S/C13H17N3O3/c1-8(14)12(17)16(2)6-5-9-3-4-10-11(7-9)19-13(18)15-10/h3-4,7-8H,5-6,14H2,1-2H3,(H,15,18). The highest BCUT2D eigenvalue weighted by Crippen LogP contribution is 2.13. The van der Waals surface area contributed by atoms with Gasteiger partial charge in [-0.05, 0) is 31.0 Å². The molecule has 19 heavy (non-hydrogen) atoms. The number of nitrogens with one attached hydrogen (secondary N) is 1. The minimum atomic E-state index is -0.491. The highest BCUT2D eigenvalue weighted by atomic mass is 16.4. The van der Waals surface area contributed by atoms with E-state index in [9.17, 15) is 9.59 Å². The van der Waals surface area contributed by atoms with E-state index in [0.717, 1.165) is 5.56 Å². The Kier molecular flexibility index (Phi) is 3.71. The van der Waals surface area contributed by atoms with Crippen molar-refractivity contribution in [2.75, 3.05) is 13.6 Å². The van der Waals surface area contributed by atoms with Crippen LogP contribution in [0.15, 0.2) is 27.4 Å². The Balaban J connectivity index is 2.05.